The Morgan fingerprint density at radius 2 is 1.90 bits per heavy atom. The van der Waals surface area contributed by atoms with Crippen molar-refractivity contribution in [1.29, 1.82) is 0 Å². The van der Waals surface area contributed by atoms with Crippen molar-refractivity contribution in [3.8, 4) is 0 Å². The summed E-state index contributed by atoms with van der Waals surface area (Å²) in [5, 5.41) is 0. The van der Waals surface area contributed by atoms with Crippen LogP contribution in [0.2, 0.25) is 0 Å². The molecule has 1 aromatic carbocycles. The van der Waals surface area contributed by atoms with Gasteiger partial charge >= 0.3 is 0 Å². The van der Waals surface area contributed by atoms with Gasteiger partial charge in [0.2, 0.25) is 0 Å². The first kappa shape index (κ1) is 15.4. The average molecular weight is 279 g/mol. The van der Waals surface area contributed by atoms with E-state index in [1.54, 1.807) is 6.07 Å². The lowest BCUT2D eigenvalue weighted by molar-refractivity contribution is 0.0164. The van der Waals surface area contributed by atoms with Crippen LogP contribution in [-0.2, 0) is 0 Å². The zero-order valence-corrected chi connectivity index (χ0v) is 12.8. The smallest absolute Gasteiger partial charge is 0.128 e. The first-order valence-electron chi connectivity index (χ1n) is 7.32. The summed E-state index contributed by atoms with van der Waals surface area (Å²) in [5.41, 5.74) is 6.84. The van der Waals surface area contributed by atoms with Crippen LogP contribution < -0.4 is 5.73 Å². The van der Waals surface area contributed by atoms with Gasteiger partial charge in [0.05, 0.1) is 0 Å². The van der Waals surface area contributed by atoms with Crippen LogP contribution in [-0.4, -0.2) is 49.6 Å². The van der Waals surface area contributed by atoms with Gasteiger partial charge in [0, 0.05) is 30.2 Å². The standard InChI is InChI=1S/C16H26FN3/c1-19(2)16(9-6-10-16)12-20(3)15(11-18)13-7-4-5-8-14(13)17/h4-5,7-8,15H,6,9-12,18H2,1-3H3. The molecular weight excluding hydrogens is 253 g/mol. The molecule has 1 saturated carbocycles. The highest BCUT2D eigenvalue weighted by atomic mass is 19.1. The lowest BCUT2D eigenvalue weighted by atomic mass is 9.75. The Bertz CT molecular complexity index is 443. The summed E-state index contributed by atoms with van der Waals surface area (Å²) >= 11 is 0. The maximum Gasteiger partial charge on any atom is 0.128 e. The molecule has 0 saturated heterocycles. The summed E-state index contributed by atoms with van der Waals surface area (Å²) in [4.78, 5) is 4.51. The average Bonchev–Trinajstić information content (AvgIpc) is 2.36. The molecule has 0 spiro atoms. The highest BCUT2D eigenvalue weighted by Crippen LogP contribution is 2.38. The van der Waals surface area contributed by atoms with E-state index in [1.807, 2.05) is 19.2 Å². The Hall–Kier alpha value is -0.970. The van der Waals surface area contributed by atoms with Gasteiger partial charge in [0.15, 0.2) is 0 Å². The SMILES string of the molecule is CN(CC1(N(C)C)CCC1)C(CN)c1ccccc1F. The first-order chi connectivity index (χ1) is 9.50. The summed E-state index contributed by atoms with van der Waals surface area (Å²) in [5.74, 6) is -0.165. The minimum atomic E-state index is -0.165. The normalized spacial score (nSPS) is 19.1. The van der Waals surface area contributed by atoms with Crippen molar-refractivity contribution in [3.63, 3.8) is 0 Å². The number of nitrogens with zero attached hydrogens (tertiary/aromatic N) is 2. The molecule has 0 amide bonds. The molecule has 1 aliphatic carbocycles. The van der Waals surface area contributed by atoms with Crippen LogP contribution in [0, 0.1) is 5.82 Å². The van der Waals surface area contributed by atoms with Crippen LogP contribution in [0.5, 0.6) is 0 Å². The van der Waals surface area contributed by atoms with E-state index < -0.39 is 0 Å². The molecule has 1 unspecified atom stereocenters. The van der Waals surface area contributed by atoms with Crippen LogP contribution in [0.25, 0.3) is 0 Å². The molecule has 2 N–H and O–H groups in total. The molecule has 0 aliphatic heterocycles. The van der Waals surface area contributed by atoms with Crippen molar-refractivity contribution < 1.29 is 4.39 Å². The fraction of sp³-hybridized carbons (Fsp3) is 0.625. The molecule has 3 nitrogen and oxygen atoms in total. The van der Waals surface area contributed by atoms with Gasteiger partial charge in [0.1, 0.15) is 5.82 Å². The van der Waals surface area contributed by atoms with Crippen LogP contribution in [0.15, 0.2) is 24.3 Å². The van der Waals surface area contributed by atoms with Gasteiger partial charge in [-0.25, -0.2) is 4.39 Å². The van der Waals surface area contributed by atoms with Gasteiger partial charge in [-0.15, -0.1) is 0 Å². The third-order valence-corrected chi connectivity index (χ3v) is 4.80. The number of hydrogen-bond acceptors (Lipinski definition) is 3. The predicted molar refractivity (Wildman–Crippen MR) is 81.1 cm³/mol. The van der Waals surface area contributed by atoms with Crippen LogP contribution in [0.1, 0.15) is 30.9 Å². The highest BCUT2D eigenvalue weighted by Gasteiger charge is 2.40. The van der Waals surface area contributed by atoms with E-state index in [0.29, 0.717) is 12.1 Å². The van der Waals surface area contributed by atoms with Crippen LogP contribution >= 0.6 is 0 Å². The molecule has 2 rings (SSSR count). The first-order valence-corrected chi connectivity index (χ1v) is 7.32. The second-order valence-electron chi connectivity index (χ2n) is 6.16. The van der Waals surface area contributed by atoms with Crippen molar-refractivity contribution in [2.45, 2.75) is 30.8 Å². The second kappa shape index (κ2) is 6.20. The maximum atomic E-state index is 14.0. The van der Waals surface area contributed by atoms with Crippen molar-refractivity contribution in [2.24, 2.45) is 5.73 Å². The van der Waals surface area contributed by atoms with Crippen LogP contribution in [0.3, 0.4) is 0 Å². The van der Waals surface area contributed by atoms with Crippen molar-refractivity contribution in [3.05, 3.63) is 35.6 Å². The summed E-state index contributed by atoms with van der Waals surface area (Å²) in [6.07, 6.45) is 3.69. The van der Waals surface area contributed by atoms with E-state index in [9.17, 15) is 4.39 Å². The Morgan fingerprint density at radius 1 is 1.25 bits per heavy atom. The fourth-order valence-corrected chi connectivity index (χ4v) is 3.20. The molecule has 112 valence electrons. The number of likely N-dealkylation sites (N-methyl/N-ethyl adjacent to an activating group) is 2. The topological polar surface area (TPSA) is 32.5 Å². The zero-order valence-electron chi connectivity index (χ0n) is 12.8. The molecule has 20 heavy (non-hydrogen) atoms. The van der Waals surface area contributed by atoms with E-state index in [1.165, 1.54) is 25.3 Å². The highest BCUT2D eigenvalue weighted by molar-refractivity contribution is 5.22. The summed E-state index contributed by atoms with van der Waals surface area (Å²) in [6.45, 7) is 1.36. The summed E-state index contributed by atoms with van der Waals surface area (Å²) in [7, 11) is 6.31. The molecule has 4 heteroatoms. The molecule has 1 aliphatic rings. The van der Waals surface area contributed by atoms with Crippen molar-refractivity contribution in [2.75, 3.05) is 34.2 Å². The van der Waals surface area contributed by atoms with Gasteiger partial charge in [-0.05, 0) is 46.5 Å². The molecule has 1 fully saturated rings. The third-order valence-electron chi connectivity index (χ3n) is 4.80. The Labute approximate surface area is 121 Å². The maximum absolute atomic E-state index is 14.0. The van der Waals surface area contributed by atoms with Gasteiger partial charge in [0.25, 0.3) is 0 Å². The van der Waals surface area contributed by atoms with Crippen molar-refractivity contribution >= 4 is 0 Å². The molecular formula is C16H26FN3. The molecule has 1 aromatic rings. The Balaban J connectivity index is 2.14. The molecule has 0 aromatic heterocycles. The van der Waals surface area contributed by atoms with Gasteiger partial charge in [-0.2, -0.15) is 0 Å². The second-order valence-corrected chi connectivity index (χ2v) is 6.16. The van der Waals surface area contributed by atoms with Gasteiger partial charge in [-0.1, -0.05) is 18.2 Å². The molecule has 0 radical (unpaired) electrons. The minimum Gasteiger partial charge on any atom is -0.329 e. The van der Waals surface area contributed by atoms with Gasteiger partial charge < -0.3 is 10.6 Å². The molecule has 1 atom stereocenters. The van der Waals surface area contributed by atoms with E-state index in [4.69, 9.17) is 5.73 Å². The molecule has 0 bridgehead atoms. The monoisotopic (exact) mass is 279 g/mol. The number of rotatable bonds is 6. The van der Waals surface area contributed by atoms with E-state index in [0.717, 1.165) is 6.54 Å². The minimum absolute atomic E-state index is 0.0615. The quantitative estimate of drug-likeness (QED) is 0.867. The zero-order chi connectivity index (χ0) is 14.8. The summed E-state index contributed by atoms with van der Waals surface area (Å²) in [6, 6.07) is 6.89. The van der Waals surface area contributed by atoms with Crippen LogP contribution in [0.4, 0.5) is 4.39 Å². The molecule has 0 heterocycles. The van der Waals surface area contributed by atoms with Crippen molar-refractivity contribution in [1.82, 2.24) is 9.80 Å². The largest absolute Gasteiger partial charge is 0.329 e. The van der Waals surface area contributed by atoms with Gasteiger partial charge in [-0.3, -0.25) is 4.90 Å². The Morgan fingerprint density at radius 3 is 2.35 bits per heavy atom. The third kappa shape index (κ3) is 2.87. The lowest BCUT2D eigenvalue weighted by Gasteiger charge is -2.50. The number of benzene rings is 1. The number of halogens is 1. The number of nitrogens with two attached hydrogens (primary N) is 1. The van der Waals surface area contributed by atoms with E-state index >= 15 is 0 Å². The van der Waals surface area contributed by atoms with E-state index in [2.05, 4.69) is 23.9 Å². The lowest BCUT2D eigenvalue weighted by Crippen LogP contribution is -2.57. The number of hydrogen-bond donors (Lipinski definition) is 1. The summed E-state index contributed by atoms with van der Waals surface area (Å²) < 4.78 is 14.0. The fourth-order valence-electron chi connectivity index (χ4n) is 3.20. The predicted octanol–water partition coefficient (Wildman–Crippen LogP) is 2.24. The van der Waals surface area contributed by atoms with E-state index in [-0.39, 0.29) is 17.4 Å². The Kier molecular flexibility index (Phi) is 4.78.